The molecule has 4 heteroatoms. The first-order valence-corrected chi connectivity index (χ1v) is 6.49. The summed E-state index contributed by atoms with van der Waals surface area (Å²) in [5, 5.41) is 0. The SMILES string of the molecule is CC1(C)CCC(Oc2cc(Br)ncn2)CC1. The van der Waals surface area contributed by atoms with Gasteiger partial charge in [0.25, 0.3) is 0 Å². The van der Waals surface area contributed by atoms with Crippen molar-refractivity contribution in [1.82, 2.24) is 9.97 Å². The number of nitrogens with zero attached hydrogens (tertiary/aromatic N) is 2. The summed E-state index contributed by atoms with van der Waals surface area (Å²) in [6, 6.07) is 1.82. The van der Waals surface area contributed by atoms with Crippen LogP contribution in [0.5, 0.6) is 5.88 Å². The van der Waals surface area contributed by atoms with Gasteiger partial charge in [0.1, 0.15) is 17.0 Å². The van der Waals surface area contributed by atoms with Gasteiger partial charge < -0.3 is 4.74 Å². The Morgan fingerprint density at radius 3 is 2.62 bits per heavy atom. The molecule has 0 bridgehead atoms. The normalized spacial score (nSPS) is 20.7. The van der Waals surface area contributed by atoms with Crippen LogP contribution in [0.25, 0.3) is 0 Å². The Kier molecular flexibility index (Phi) is 3.47. The van der Waals surface area contributed by atoms with Gasteiger partial charge in [-0.1, -0.05) is 13.8 Å². The lowest BCUT2D eigenvalue weighted by atomic mass is 9.76. The highest BCUT2D eigenvalue weighted by Gasteiger charge is 2.27. The minimum absolute atomic E-state index is 0.315. The molecule has 1 heterocycles. The molecule has 0 unspecified atom stereocenters. The number of aromatic nitrogens is 2. The van der Waals surface area contributed by atoms with Crippen molar-refractivity contribution in [3.05, 3.63) is 17.0 Å². The smallest absolute Gasteiger partial charge is 0.217 e. The molecule has 0 aromatic carbocycles. The molecule has 0 atom stereocenters. The van der Waals surface area contributed by atoms with Crippen molar-refractivity contribution in [2.75, 3.05) is 0 Å². The first-order chi connectivity index (χ1) is 7.55. The second kappa shape index (κ2) is 4.70. The van der Waals surface area contributed by atoms with Crippen LogP contribution in [0.2, 0.25) is 0 Å². The van der Waals surface area contributed by atoms with Crippen LogP contribution >= 0.6 is 15.9 Å². The second-order valence-corrected chi connectivity index (χ2v) is 5.97. The van der Waals surface area contributed by atoms with Crippen molar-refractivity contribution in [2.24, 2.45) is 5.41 Å². The van der Waals surface area contributed by atoms with Crippen molar-refractivity contribution in [3.8, 4) is 5.88 Å². The third-order valence-corrected chi connectivity index (χ3v) is 3.62. The van der Waals surface area contributed by atoms with Gasteiger partial charge in [-0.3, -0.25) is 0 Å². The molecule has 0 spiro atoms. The molecular formula is C12H17BrN2O. The maximum atomic E-state index is 5.85. The fourth-order valence-corrected chi connectivity index (χ4v) is 2.33. The summed E-state index contributed by atoms with van der Waals surface area (Å²) >= 11 is 3.31. The third-order valence-electron chi connectivity index (χ3n) is 3.18. The molecule has 1 saturated carbocycles. The van der Waals surface area contributed by atoms with E-state index in [1.54, 1.807) is 0 Å². The van der Waals surface area contributed by atoms with Crippen LogP contribution in [0.15, 0.2) is 17.0 Å². The molecular weight excluding hydrogens is 268 g/mol. The van der Waals surface area contributed by atoms with Crippen LogP contribution in [-0.2, 0) is 0 Å². The Morgan fingerprint density at radius 1 is 1.31 bits per heavy atom. The second-order valence-electron chi connectivity index (χ2n) is 5.16. The molecule has 0 N–H and O–H groups in total. The van der Waals surface area contributed by atoms with Crippen LogP contribution in [0.4, 0.5) is 0 Å². The summed E-state index contributed by atoms with van der Waals surface area (Å²) in [5.41, 5.74) is 0.478. The van der Waals surface area contributed by atoms with E-state index in [1.807, 2.05) is 6.07 Å². The molecule has 0 amide bonds. The number of rotatable bonds is 2. The first-order valence-electron chi connectivity index (χ1n) is 5.69. The fourth-order valence-electron chi connectivity index (χ4n) is 2.04. The minimum atomic E-state index is 0.315. The van der Waals surface area contributed by atoms with Crippen LogP contribution < -0.4 is 4.74 Å². The number of halogens is 1. The van der Waals surface area contributed by atoms with Crippen molar-refractivity contribution in [1.29, 1.82) is 0 Å². The minimum Gasteiger partial charge on any atom is -0.474 e. The van der Waals surface area contributed by atoms with E-state index in [1.165, 1.54) is 19.2 Å². The van der Waals surface area contributed by atoms with Crippen LogP contribution in [0.3, 0.4) is 0 Å². The van der Waals surface area contributed by atoms with Crippen LogP contribution in [0, 0.1) is 5.41 Å². The zero-order valence-electron chi connectivity index (χ0n) is 9.74. The lowest BCUT2D eigenvalue weighted by Crippen LogP contribution is -2.28. The van der Waals surface area contributed by atoms with Crippen molar-refractivity contribution < 1.29 is 4.74 Å². The van der Waals surface area contributed by atoms with Crippen molar-refractivity contribution in [3.63, 3.8) is 0 Å². The van der Waals surface area contributed by atoms with Gasteiger partial charge in [-0.2, -0.15) is 0 Å². The molecule has 1 aromatic heterocycles. The number of hydrogen-bond donors (Lipinski definition) is 0. The molecule has 0 aliphatic heterocycles. The van der Waals surface area contributed by atoms with E-state index < -0.39 is 0 Å². The highest BCUT2D eigenvalue weighted by Crippen LogP contribution is 2.36. The van der Waals surface area contributed by atoms with E-state index in [4.69, 9.17) is 4.74 Å². The van der Waals surface area contributed by atoms with Gasteiger partial charge in [0.05, 0.1) is 0 Å². The van der Waals surface area contributed by atoms with Gasteiger partial charge in [0.2, 0.25) is 5.88 Å². The molecule has 88 valence electrons. The van der Waals surface area contributed by atoms with Gasteiger partial charge in [0.15, 0.2) is 0 Å². The fraction of sp³-hybridized carbons (Fsp3) is 0.667. The Morgan fingerprint density at radius 2 is 2.00 bits per heavy atom. The lowest BCUT2D eigenvalue weighted by molar-refractivity contribution is 0.0947. The average Bonchev–Trinajstić information content (AvgIpc) is 2.21. The number of hydrogen-bond acceptors (Lipinski definition) is 3. The zero-order valence-corrected chi connectivity index (χ0v) is 11.3. The van der Waals surface area contributed by atoms with Gasteiger partial charge in [-0.25, -0.2) is 9.97 Å². The molecule has 2 rings (SSSR count). The topological polar surface area (TPSA) is 35.0 Å². The Balaban J connectivity index is 1.92. The number of ether oxygens (including phenoxy) is 1. The summed E-state index contributed by atoms with van der Waals surface area (Å²) in [5.74, 6) is 0.673. The molecule has 16 heavy (non-hydrogen) atoms. The molecule has 1 aliphatic carbocycles. The lowest BCUT2D eigenvalue weighted by Gasteiger charge is -2.34. The first kappa shape index (κ1) is 11.8. The monoisotopic (exact) mass is 284 g/mol. The maximum absolute atomic E-state index is 5.85. The van der Waals surface area contributed by atoms with Gasteiger partial charge >= 0.3 is 0 Å². The van der Waals surface area contributed by atoms with Crippen molar-refractivity contribution >= 4 is 15.9 Å². The summed E-state index contributed by atoms with van der Waals surface area (Å²) in [4.78, 5) is 8.09. The predicted octanol–water partition coefficient (Wildman–Crippen LogP) is 3.59. The highest BCUT2D eigenvalue weighted by atomic mass is 79.9. The summed E-state index contributed by atoms with van der Waals surface area (Å²) in [6.07, 6.45) is 6.53. The van der Waals surface area contributed by atoms with Gasteiger partial charge in [-0.15, -0.1) is 0 Å². The van der Waals surface area contributed by atoms with E-state index >= 15 is 0 Å². The van der Waals surface area contributed by atoms with Gasteiger partial charge in [-0.05, 0) is 47.0 Å². The zero-order chi connectivity index (χ0) is 11.6. The highest BCUT2D eigenvalue weighted by molar-refractivity contribution is 9.10. The molecule has 1 aromatic rings. The molecule has 0 saturated heterocycles. The molecule has 1 aliphatic rings. The van der Waals surface area contributed by atoms with E-state index in [0.29, 0.717) is 17.4 Å². The Bertz CT molecular complexity index is 358. The average molecular weight is 285 g/mol. The summed E-state index contributed by atoms with van der Waals surface area (Å²) < 4.78 is 6.62. The summed E-state index contributed by atoms with van der Waals surface area (Å²) in [7, 11) is 0. The van der Waals surface area contributed by atoms with Crippen LogP contribution in [-0.4, -0.2) is 16.1 Å². The molecule has 3 nitrogen and oxygen atoms in total. The van der Waals surface area contributed by atoms with E-state index in [9.17, 15) is 0 Å². The predicted molar refractivity (Wildman–Crippen MR) is 66.4 cm³/mol. The molecule has 1 fully saturated rings. The Labute approximate surface area is 105 Å². The van der Waals surface area contributed by atoms with E-state index in [2.05, 4.69) is 39.7 Å². The molecule has 0 radical (unpaired) electrons. The van der Waals surface area contributed by atoms with E-state index in [0.717, 1.165) is 17.4 Å². The van der Waals surface area contributed by atoms with Gasteiger partial charge in [0, 0.05) is 6.07 Å². The summed E-state index contributed by atoms with van der Waals surface area (Å²) in [6.45, 7) is 4.65. The standard InChI is InChI=1S/C12H17BrN2O/c1-12(2)5-3-9(4-6-12)16-11-7-10(13)14-8-15-11/h7-9H,3-6H2,1-2H3. The van der Waals surface area contributed by atoms with Crippen molar-refractivity contribution in [2.45, 2.75) is 45.6 Å². The third kappa shape index (κ3) is 3.17. The Hall–Kier alpha value is -0.640. The maximum Gasteiger partial charge on any atom is 0.217 e. The quantitative estimate of drug-likeness (QED) is 0.779. The van der Waals surface area contributed by atoms with E-state index in [-0.39, 0.29) is 0 Å². The van der Waals surface area contributed by atoms with Crippen LogP contribution in [0.1, 0.15) is 39.5 Å². The largest absolute Gasteiger partial charge is 0.474 e.